The number of carbonyl (C=O) groups is 2. The predicted molar refractivity (Wildman–Crippen MR) is 115 cm³/mol. The average molecular weight is 399 g/mol. The zero-order valence-corrected chi connectivity index (χ0v) is 17.8. The first-order valence-electron chi connectivity index (χ1n) is 10.2. The molecular weight excluding hydrogens is 366 g/mol. The summed E-state index contributed by atoms with van der Waals surface area (Å²) in [6, 6.07) is 16.5. The number of hydrogen-bond donors (Lipinski definition) is 2. The summed E-state index contributed by atoms with van der Waals surface area (Å²) in [6.45, 7) is 8.11. The summed E-state index contributed by atoms with van der Waals surface area (Å²) in [7, 11) is 1.60. The summed E-state index contributed by atoms with van der Waals surface area (Å²) < 4.78 is 5.15. The van der Waals surface area contributed by atoms with Crippen molar-refractivity contribution in [2.75, 3.05) is 38.6 Å². The number of nitrogens with one attached hydrogen (secondary N) is 2. The van der Waals surface area contributed by atoms with Gasteiger partial charge in [-0.05, 0) is 45.0 Å². The number of amides is 2. The maximum Gasteiger partial charge on any atom is 0.285 e. The molecule has 2 N–H and O–H groups in total. The molecule has 0 aliphatic rings. The molecule has 0 radical (unpaired) electrons. The van der Waals surface area contributed by atoms with Gasteiger partial charge in [0.15, 0.2) is 12.6 Å². The van der Waals surface area contributed by atoms with Crippen LogP contribution in [0.5, 0.6) is 5.75 Å². The number of nitrogens with zero attached hydrogens (tertiary/aromatic N) is 1. The van der Waals surface area contributed by atoms with Gasteiger partial charge < -0.3 is 19.9 Å². The van der Waals surface area contributed by atoms with Gasteiger partial charge in [0, 0.05) is 24.3 Å². The van der Waals surface area contributed by atoms with E-state index in [2.05, 4.69) is 5.32 Å². The lowest BCUT2D eigenvalue weighted by Crippen LogP contribution is -3.14. The molecule has 29 heavy (non-hydrogen) atoms. The standard InChI is InChI=1S/C23H31N3O3/c1-5-25(6-2)23(28)22(18-11-9-8-10-12-18)26(7-3)17-21(27)24-19-13-15-20(29-4)16-14-19/h8-16,22H,5-7,17H2,1-4H3,(H,24,27)/p+1/t22-/m1/s1. The first kappa shape index (κ1) is 22.4. The minimum Gasteiger partial charge on any atom is -0.497 e. The smallest absolute Gasteiger partial charge is 0.285 e. The van der Waals surface area contributed by atoms with Crippen LogP contribution < -0.4 is 15.0 Å². The first-order chi connectivity index (χ1) is 14.0. The van der Waals surface area contributed by atoms with E-state index in [1.54, 1.807) is 31.4 Å². The van der Waals surface area contributed by atoms with Crippen LogP contribution in [0.4, 0.5) is 5.69 Å². The second kappa shape index (κ2) is 11.2. The van der Waals surface area contributed by atoms with Crippen molar-refractivity contribution in [1.29, 1.82) is 0 Å². The van der Waals surface area contributed by atoms with Crippen LogP contribution in [0.1, 0.15) is 32.4 Å². The van der Waals surface area contributed by atoms with E-state index in [9.17, 15) is 9.59 Å². The third-order valence-electron chi connectivity index (χ3n) is 5.08. The Bertz CT molecular complexity index is 774. The highest BCUT2D eigenvalue weighted by Gasteiger charge is 2.34. The second-order valence-electron chi connectivity index (χ2n) is 6.82. The van der Waals surface area contributed by atoms with Crippen molar-refractivity contribution in [3.63, 3.8) is 0 Å². The van der Waals surface area contributed by atoms with Crippen LogP contribution in [-0.4, -0.2) is 50.0 Å². The van der Waals surface area contributed by atoms with Crippen molar-refractivity contribution < 1.29 is 19.2 Å². The van der Waals surface area contributed by atoms with Gasteiger partial charge in [-0.2, -0.15) is 0 Å². The minimum atomic E-state index is -0.414. The van der Waals surface area contributed by atoms with Gasteiger partial charge in [0.25, 0.3) is 11.8 Å². The fourth-order valence-corrected chi connectivity index (χ4v) is 3.43. The molecule has 0 saturated heterocycles. The minimum absolute atomic E-state index is 0.0512. The summed E-state index contributed by atoms with van der Waals surface area (Å²) in [5, 5.41) is 2.92. The molecule has 2 amide bonds. The third-order valence-corrected chi connectivity index (χ3v) is 5.08. The van der Waals surface area contributed by atoms with Gasteiger partial charge >= 0.3 is 0 Å². The quantitative estimate of drug-likeness (QED) is 0.645. The monoisotopic (exact) mass is 398 g/mol. The maximum atomic E-state index is 13.3. The number of methoxy groups -OCH3 is 1. The van der Waals surface area contributed by atoms with Crippen LogP contribution in [0.25, 0.3) is 0 Å². The highest BCUT2D eigenvalue weighted by atomic mass is 16.5. The zero-order valence-electron chi connectivity index (χ0n) is 17.8. The molecule has 6 heteroatoms. The van der Waals surface area contributed by atoms with Gasteiger partial charge in [-0.3, -0.25) is 9.59 Å². The summed E-state index contributed by atoms with van der Waals surface area (Å²) in [4.78, 5) is 28.7. The molecular formula is C23H32N3O3+. The number of carbonyl (C=O) groups excluding carboxylic acids is 2. The molecule has 2 aromatic rings. The van der Waals surface area contributed by atoms with E-state index in [0.29, 0.717) is 25.3 Å². The van der Waals surface area contributed by atoms with Crippen molar-refractivity contribution in [3.05, 3.63) is 60.2 Å². The Morgan fingerprint density at radius 3 is 2.14 bits per heavy atom. The highest BCUT2D eigenvalue weighted by Crippen LogP contribution is 2.15. The van der Waals surface area contributed by atoms with Crippen molar-refractivity contribution in [2.45, 2.75) is 26.8 Å². The molecule has 0 bridgehead atoms. The van der Waals surface area contributed by atoms with Crippen molar-refractivity contribution in [3.8, 4) is 5.75 Å². The van der Waals surface area contributed by atoms with E-state index in [-0.39, 0.29) is 18.4 Å². The number of quaternary nitrogens is 1. The summed E-state index contributed by atoms with van der Waals surface area (Å²) in [5.74, 6) is 0.661. The molecule has 0 heterocycles. The van der Waals surface area contributed by atoms with E-state index in [1.807, 2.05) is 56.0 Å². The Morgan fingerprint density at radius 1 is 1.00 bits per heavy atom. The highest BCUT2D eigenvalue weighted by molar-refractivity contribution is 5.91. The van der Waals surface area contributed by atoms with Crippen molar-refractivity contribution in [2.24, 2.45) is 0 Å². The Kier molecular flexibility index (Phi) is 8.68. The van der Waals surface area contributed by atoms with E-state index in [1.165, 1.54) is 0 Å². The molecule has 0 spiro atoms. The zero-order chi connectivity index (χ0) is 21.2. The van der Waals surface area contributed by atoms with E-state index in [4.69, 9.17) is 4.74 Å². The van der Waals surface area contributed by atoms with E-state index >= 15 is 0 Å². The normalized spacial score (nSPS) is 12.7. The van der Waals surface area contributed by atoms with E-state index < -0.39 is 6.04 Å². The fourth-order valence-electron chi connectivity index (χ4n) is 3.43. The van der Waals surface area contributed by atoms with Crippen LogP contribution in [0.2, 0.25) is 0 Å². The number of ether oxygens (including phenoxy) is 1. The molecule has 2 rings (SSSR count). The molecule has 156 valence electrons. The number of benzene rings is 2. The SMILES string of the molecule is CCN(CC)C(=O)[C@@H](c1ccccc1)[NH+](CC)CC(=O)Nc1ccc(OC)cc1. The first-order valence-corrected chi connectivity index (χ1v) is 10.2. The molecule has 0 fully saturated rings. The Labute approximate surface area is 173 Å². The van der Waals surface area contributed by atoms with Gasteiger partial charge in [-0.15, -0.1) is 0 Å². The van der Waals surface area contributed by atoms with Crippen LogP contribution in [0.3, 0.4) is 0 Å². The molecule has 0 aliphatic heterocycles. The third kappa shape index (κ3) is 6.06. The lowest BCUT2D eigenvalue weighted by atomic mass is 10.0. The van der Waals surface area contributed by atoms with Crippen molar-refractivity contribution in [1.82, 2.24) is 4.90 Å². The maximum absolute atomic E-state index is 13.3. The summed E-state index contributed by atoms with van der Waals surface area (Å²) in [5.41, 5.74) is 1.64. The number of anilines is 1. The van der Waals surface area contributed by atoms with Crippen LogP contribution >= 0.6 is 0 Å². The molecule has 0 aliphatic carbocycles. The molecule has 0 aromatic heterocycles. The van der Waals surface area contributed by atoms with Crippen LogP contribution in [0, 0.1) is 0 Å². The number of hydrogen-bond acceptors (Lipinski definition) is 3. The Hall–Kier alpha value is -2.86. The molecule has 6 nitrogen and oxygen atoms in total. The van der Waals surface area contributed by atoms with Gasteiger partial charge in [0.2, 0.25) is 0 Å². The predicted octanol–water partition coefficient (Wildman–Crippen LogP) is 2.15. The summed E-state index contributed by atoms with van der Waals surface area (Å²) >= 11 is 0. The molecule has 0 saturated carbocycles. The number of likely N-dealkylation sites (N-methyl/N-ethyl adjacent to an activating group) is 2. The topological polar surface area (TPSA) is 63.1 Å². The number of rotatable bonds is 10. The molecule has 2 atom stereocenters. The average Bonchev–Trinajstić information content (AvgIpc) is 2.75. The second-order valence-corrected chi connectivity index (χ2v) is 6.82. The van der Waals surface area contributed by atoms with Gasteiger partial charge in [-0.25, -0.2) is 0 Å². The van der Waals surface area contributed by atoms with Gasteiger partial charge in [0.05, 0.1) is 13.7 Å². The summed E-state index contributed by atoms with van der Waals surface area (Å²) in [6.07, 6.45) is 0. The van der Waals surface area contributed by atoms with Gasteiger partial charge in [-0.1, -0.05) is 30.3 Å². The molecule has 1 unspecified atom stereocenters. The largest absolute Gasteiger partial charge is 0.497 e. The van der Waals surface area contributed by atoms with Crippen LogP contribution in [0.15, 0.2) is 54.6 Å². The van der Waals surface area contributed by atoms with Crippen LogP contribution in [-0.2, 0) is 9.59 Å². The lowest BCUT2D eigenvalue weighted by Gasteiger charge is -2.30. The fraction of sp³-hybridized carbons (Fsp3) is 0.391. The van der Waals surface area contributed by atoms with E-state index in [0.717, 1.165) is 16.2 Å². The van der Waals surface area contributed by atoms with Gasteiger partial charge in [0.1, 0.15) is 5.75 Å². The van der Waals surface area contributed by atoms with Crippen molar-refractivity contribution >= 4 is 17.5 Å². The Morgan fingerprint density at radius 2 is 1.62 bits per heavy atom. The lowest BCUT2D eigenvalue weighted by molar-refractivity contribution is -0.912. The molecule has 2 aromatic carbocycles. The Balaban J connectivity index is 2.20.